The average Bonchev–Trinajstić information content (AvgIpc) is 2.39. The van der Waals surface area contributed by atoms with Crippen molar-refractivity contribution in [3.8, 4) is 0 Å². The van der Waals surface area contributed by atoms with E-state index in [1.165, 1.54) is 12.1 Å². The summed E-state index contributed by atoms with van der Waals surface area (Å²) in [4.78, 5) is 0.111. The van der Waals surface area contributed by atoms with Crippen LogP contribution in [0.25, 0.3) is 0 Å². The van der Waals surface area contributed by atoms with Gasteiger partial charge in [0.1, 0.15) is 17.5 Å². The third-order valence-electron chi connectivity index (χ3n) is 2.57. The van der Waals surface area contributed by atoms with E-state index in [9.17, 15) is 13.2 Å². The first-order chi connectivity index (χ1) is 9.45. The molecule has 0 aromatic heterocycles. The highest BCUT2D eigenvalue weighted by Gasteiger charge is 2.13. The Labute approximate surface area is 118 Å². The minimum atomic E-state index is -1.78. The molecule has 0 aliphatic carbocycles. The predicted octanol–water partition coefficient (Wildman–Crippen LogP) is 2.08. The Bertz CT molecular complexity index is 623. The molecule has 0 radical (unpaired) electrons. The molecule has 0 aliphatic heterocycles. The Morgan fingerprint density at radius 1 is 0.950 bits per heavy atom. The van der Waals surface area contributed by atoms with Crippen LogP contribution in [0, 0.1) is 17.5 Å². The van der Waals surface area contributed by atoms with Crippen molar-refractivity contribution in [2.24, 2.45) is 0 Å². The quantitative estimate of drug-likeness (QED) is 0.670. The number of benzene rings is 2. The van der Waals surface area contributed by atoms with E-state index in [0.717, 1.165) is 36.0 Å². The molecule has 0 atom stereocenters. The molecule has 2 aromatic rings. The lowest BCUT2D eigenvalue weighted by Gasteiger charge is -2.06. The maximum absolute atomic E-state index is 13.4. The van der Waals surface area contributed by atoms with E-state index >= 15 is 0 Å². The second-order valence-corrected chi connectivity index (χ2v) is 5.15. The molecule has 2 N–H and O–H groups in total. The first-order valence-corrected chi connectivity index (χ1v) is 6.67. The Morgan fingerprint density at radius 3 is 2.40 bits per heavy atom. The first-order valence-electron chi connectivity index (χ1n) is 5.69. The van der Waals surface area contributed by atoms with Crippen LogP contribution >= 0.6 is 11.8 Å². The van der Waals surface area contributed by atoms with Crippen LogP contribution in [0.5, 0.6) is 0 Å². The highest BCUT2D eigenvalue weighted by molar-refractivity contribution is 7.98. The van der Waals surface area contributed by atoms with E-state index in [1.54, 1.807) is 0 Å². The normalized spacial score (nSPS) is 10.7. The average molecular weight is 298 g/mol. The van der Waals surface area contributed by atoms with Crippen LogP contribution in [0.1, 0.15) is 5.56 Å². The summed E-state index contributed by atoms with van der Waals surface area (Å²) >= 11 is 0.998. The molecule has 0 fully saturated rings. The van der Waals surface area contributed by atoms with Crippen molar-refractivity contribution >= 4 is 24.3 Å². The topological polar surface area (TPSA) is 40.5 Å². The van der Waals surface area contributed by atoms with Crippen LogP contribution in [0.2, 0.25) is 0 Å². The molecule has 0 saturated heterocycles. The van der Waals surface area contributed by atoms with Gasteiger partial charge in [-0.05, 0) is 41.4 Å². The standard InChI is InChI=1S/C13H10BF3O2S/c15-10-1-2-12(17)13(6-10)20-7-8-3-9(14(18)19)5-11(16)4-8/h1-6,18-19H,7H2. The summed E-state index contributed by atoms with van der Waals surface area (Å²) in [5.74, 6) is -1.56. The fourth-order valence-corrected chi connectivity index (χ4v) is 2.55. The number of thioether (sulfide) groups is 1. The van der Waals surface area contributed by atoms with Crippen LogP contribution in [0.15, 0.2) is 41.3 Å². The van der Waals surface area contributed by atoms with Crippen molar-refractivity contribution in [2.75, 3.05) is 0 Å². The van der Waals surface area contributed by atoms with E-state index in [-0.39, 0.29) is 16.1 Å². The van der Waals surface area contributed by atoms with Gasteiger partial charge in [-0.25, -0.2) is 13.2 Å². The van der Waals surface area contributed by atoms with Crippen LogP contribution in [0.4, 0.5) is 13.2 Å². The smallest absolute Gasteiger partial charge is 0.423 e. The van der Waals surface area contributed by atoms with Crippen molar-refractivity contribution in [2.45, 2.75) is 10.6 Å². The Hall–Kier alpha value is -1.44. The van der Waals surface area contributed by atoms with Gasteiger partial charge in [0.2, 0.25) is 0 Å². The lowest BCUT2D eigenvalue weighted by atomic mass is 9.79. The van der Waals surface area contributed by atoms with Crippen LogP contribution in [-0.4, -0.2) is 17.2 Å². The number of halogens is 3. The fraction of sp³-hybridized carbons (Fsp3) is 0.0769. The van der Waals surface area contributed by atoms with Gasteiger partial charge in [-0.3, -0.25) is 0 Å². The number of hydrogen-bond acceptors (Lipinski definition) is 3. The Kier molecular flexibility index (Phi) is 4.75. The lowest BCUT2D eigenvalue weighted by molar-refractivity contribution is 0.425. The summed E-state index contributed by atoms with van der Waals surface area (Å²) in [6, 6.07) is 6.70. The zero-order chi connectivity index (χ0) is 14.7. The van der Waals surface area contributed by atoms with Crippen LogP contribution < -0.4 is 5.46 Å². The molecular weight excluding hydrogens is 288 g/mol. The largest absolute Gasteiger partial charge is 0.488 e. The van der Waals surface area contributed by atoms with Gasteiger partial charge >= 0.3 is 7.12 Å². The van der Waals surface area contributed by atoms with E-state index in [2.05, 4.69) is 0 Å². The third kappa shape index (κ3) is 3.78. The Morgan fingerprint density at radius 2 is 1.70 bits per heavy atom. The van der Waals surface area contributed by atoms with Crippen molar-refractivity contribution in [3.63, 3.8) is 0 Å². The summed E-state index contributed by atoms with van der Waals surface area (Å²) in [6.45, 7) is 0. The maximum Gasteiger partial charge on any atom is 0.488 e. The zero-order valence-electron chi connectivity index (χ0n) is 10.2. The lowest BCUT2D eigenvalue weighted by Crippen LogP contribution is -2.30. The number of hydrogen-bond donors (Lipinski definition) is 2. The van der Waals surface area contributed by atoms with Crippen LogP contribution in [-0.2, 0) is 5.75 Å². The molecule has 0 amide bonds. The molecule has 0 heterocycles. The summed E-state index contributed by atoms with van der Waals surface area (Å²) in [5, 5.41) is 18.0. The third-order valence-corrected chi connectivity index (χ3v) is 3.67. The zero-order valence-corrected chi connectivity index (χ0v) is 11.0. The minimum absolute atomic E-state index is 0.0142. The molecule has 2 nitrogen and oxygen atoms in total. The maximum atomic E-state index is 13.4. The summed E-state index contributed by atoms with van der Waals surface area (Å²) in [7, 11) is -1.78. The Balaban J connectivity index is 2.16. The van der Waals surface area contributed by atoms with Gasteiger partial charge in [0, 0.05) is 10.6 Å². The van der Waals surface area contributed by atoms with Crippen LogP contribution in [0.3, 0.4) is 0 Å². The highest BCUT2D eigenvalue weighted by Crippen LogP contribution is 2.26. The second kappa shape index (κ2) is 6.34. The van der Waals surface area contributed by atoms with E-state index in [1.807, 2.05) is 0 Å². The van der Waals surface area contributed by atoms with Gasteiger partial charge in [0.25, 0.3) is 0 Å². The molecule has 0 unspecified atom stereocenters. The molecule has 0 bridgehead atoms. The van der Waals surface area contributed by atoms with Gasteiger partial charge < -0.3 is 10.0 Å². The summed E-state index contributed by atoms with van der Waals surface area (Å²) in [6.07, 6.45) is 0. The van der Waals surface area contributed by atoms with Gasteiger partial charge in [-0.1, -0.05) is 6.07 Å². The number of rotatable bonds is 4. The predicted molar refractivity (Wildman–Crippen MR) is 72.1 cm³/mol. The van der Waals surface area contributed by atoms with Crippen molar-refractivity contribution in [1.82, 2.24) is 0 Å². The molecule has 2 aromatic carbocycles. The highest BCUT2D eigenvalue weighted by atomic mass is 32.2. The first kappa shape index (κ1) is 15.0. The molecule has 7 heteroatoms. The fourth-order valence-electron chi connectivity index (χ4n) is 1.66. The van der Waals surface area contributed by atoms with E-state index in [0.29, 0.717) is 5.56 Å². The van der Waals surface area contributed by atoms with Gasteiger partial charge in [0.05, 0.1) is 0 Å². The molecular formula is C13H10BF3O2S. The molecule has 0 spiro atoms. The van der Waals surface area contributed by atoms with Gasteiger partial charge in [-0.2, -0.15) is 0 Å². The van der Waals surface area contributed by atoms with E-state index in [4.69, 9.17) is 10.0 Å². The molecule has 2 rings (SSSR count). The van der Waals surface area contributed by atoms with Crippen molar-refractivity contribution in [3.05, 3.63) is 59.4 Å². The second-order valence-electron chi connectivity index (χ2n) is 4.13. The molecule has 0 aliphatic rings. The summed E-state index contributed by atoms with van der Waals surface area (Å²) in [5.41, 5.74) is 0.460. The monoisotopic (exact) mass is 298 g/mol. The molecule has 0 saturated carbocycles. The van der Waals surface area contributed by atoms with Gasteiger partial charge in [-0.15, -0.1) is 11.8 Å². The minimum Gasteiger partial charge on any atom is -0.423 e. The SMILES string of the molecule is OB(O)c1cc(F)cc(CSc2cc(F)ccc2F)c1. The molecule has 20 heavy (non-hydrogen) atoms. The van der Waals surface area contributed by atoms with Crippen molar-refractivity contribution in [1.29, 1.82) is 0 Å². The van der Waals surface area contributed by atoms with E-state index < -0.39 is 24.6 Å². The summed E-state index contributed by atoms with van der Waals surface area (Å²) < 4.78 is 39.7. The van der Waals surface area contributed by atoms with Gasteiger partial charge in [0.15, 0.2) is 0 Å². The van der Waals surface area contributed by atoms with Crippen molar-refractivity contribution < 1.29 is 23.2 Å². The molecule has 104 valence electrons.